The first kappa shape index (κ1) is 13.1. The second-order valence-corrected chi connectivity index (χ2v) is 5.77. The van der Waals surface area contributed by atoms with Gasteiger partial charge in [-0.15, -0.1) is 11.6 Å². The van der Waals surface area contributed by atoms with E-state index in [4.69, 9.17) is 11.6 Å². The lowest BCUT2D eigenvalue weighted by Gasteiger charge is -2.28. The fourth-order valence-electron chi connectivity index (χ4n) is 1.86. The standard InChI is InChI=1S/C13H12BrClOS/c14-12-9-17-8-11(12)13(16,6-7-15)10-4-2-1-3-5-10/h1-5,8-9,16H,6-7H2. The van der Waals surface area contributed by atoms with Crippen LogP contribution in [0.3, 0.4) is 0 Å². The molecule has 1 N–H and O–H groups in total. The van der Waals surface area contributed by atoms with Crippen LogP contribution in [0.1, 0.15) is 17.5 Å². The van der Waals surface area contributed by atoms with Crippen LogP contribution in [0.4, 0.5) is 0 Å². The summed E-state index contributed by atoms with van der Waals surface area (Å²) in [5, 5.41) is 14.8. The van der Waals surface area contributed by atoms with Gasteiger partial charge in [0.2, 0.25) is 0 Å². The van der Waals surface area contributed by atoms with Crippen LogP contribution in [0.15, 0.2) is 45.6 Å². The zero-order valence-corrected chi connectivity index (χ0v) is 12.2. The Balaban J connectivity index is 2.50. The second-order valence-electron chi connectivity index (χ2n) is 3.80. The third-order valence-electron chi connectivity index (χ3n) is 2.77. The van der Waals surface area contributed by atoms with Crippen molar-refractivity contribution < 1.29 is 5.11 Å². The summed E-state index contributed by atoms with van der Waals surface area (Å²) in [6.07, 6.45) is 0.494. The molecule has 4 heteroatoms. The van der Waals surface area contributed by atoms with Crippen LogP contribution in [0, 0.1) is 0 Å². The smallest absolute Gasteiger partial charge is 0.118 e. The molecule has 0 amide bonds. The molecule has 0 spiro atoms. The number of hydrogen-bond donors (Lipinski definition) is 1. The van der Waals surface area contributed by atoms with Crippen molar-refractivity contribution in [2.24, 2.45) is 0 Å². The second kappa shape index (κ2) is 5.53. The number of thiophene rings is 1. The molecule has 1 unspecified atom stereocenters. The van der Waals surface area contributed by atoms with Crippen LogP contribution in [-0.4, -0.2) is 11.0 Å². The summed E-state index contributed by atoms with van der Waals surface area (Å²) in [5.41, 5.74) is 0.746. The highest BCUT2D eigenvalue weighted by atomic mass is 79.9. The monoisotopic (exact) mass is 330 g/mol. The Hall–Kier alpha value is -0.350. The van der Waals surface area contributed by atoms with Crippen LogP contribution in [0.25, 0.3) is 0 Å². The van der Waals surface area contributed by atoms with Gasteiger partial charge in [0.25, 0.3) is 0 Å². The molecule has 0 fully saturated rings. The molecule has 90 valence electrons. The van der Waals surface area contributed by atoms with Crippen molar-refractivity contribution in [1.82, 2.24) is 0 Å². The minimum absolute atomic E-state index is 0.410. The number of hydrogen-bond acceptors (Lipinski definition) is 2. The number of aliphatic hydroxyl groups is 1. The highest BCUT2D eigenvalue weighted by Gasteiger charge is 2.33. The minimum Gasteiger partial charge on any atom is -0.380 e. The number of rotatable bonds is 4. The van der Waals surface area contributed by atoms with E-state index in [0.717, 1.165) is 15.6 Å². The molecule has 0 bridgehead atoms. The Morgan fingerprint density at radius 1 is 1.24 bits per heavy atom. The first-order valence-corrected chi connectivity index (χ1v) is 7.51. The zero-order chi connectivity index (χ0) is 12.3. The van der Waals surface area contributed by atoms with E-state index in [0.29, 0.717) is 12.3 Å². The van der Waals surface area contributed by atoms with Crippen molar-refractivity contribution in [2.45, 2.75) is 12.0 Å². The van der Waals surface area contributed by atoms with E-state index in [1.54, 1.807) is 11.3 Å². The Morgan fingerprint density at radius 2 is 1.94 bits per heavy atom. The van der Waals surface area contributed by atoms with Gasteiger partial charge in [-0.05, 0) is 33.3 Å². The summed E-state index contributed by atoms with van der Waals surface area (Å²) in [6, 6.07) is 9.64. The van der Waals surface area contributed by atoms with E-state index in [9.17, 15) is 5.11 Å². The normalized spacial score (nSPS) is 14.5. The SMILES string of the molecule is OC(CCCl)(c1ccccc1)c1cscc1Br. The van der Waals surface area contributed by atoms with Crippen LogP contribution < -0.4 is 0 Å². The van der Waals surface area contributed by atoms with E-state index >= 15 is 0 Å². The average Bonchev–Trinajstić information content (AvgIpc) is 2.77. The number of alkyl halides is 1. The predicted octanol–water partition coefficient (Wildman–Crippen LogP) is 4.38. The van der Waals surface area contributed by atoms with Crippen LogP contribution in [0.2, 0.25) is 0 Å². The Kier molecular flexibility index (Phi) is 4.26. The van der Waals surface area contributed by atoms with Gasteiger partial charge in [-0.1, -0.05) is 30.3 Å². The lowest BCUT2D eigenvalue weighted by molar-refractivity contribution is 0.0772. The lowest BCUT2D eigenvalue weighted by atomic mass is 9.86. The molecule has 0 saturated carbocycles. The Bertz CT molecular complexity index is 485. The van der Waals surface area contributed by atoms with Gasteiger partial charge in [-0.3, -0.25) is 0 Å². The molecule has 1 aromatic heterocycles. The van der Waals surface area contributed by atoms with E-state index < -0.39 is 5.60 Å². The summed E-state index contributed by atoms with van der Waals surface area (Å²) in [4.78, 5) is 0. The molecule has 1 nitrogen and oxygen atoms in total. The highest BCUT2D eigenvalue weighted by molar-refractivity contribution is 9.10. The molecule has 1 heterocycles. The molecule has 1 aromatic carbocycles. The molecule has 0 aliphatic carbocycles. The van der Waals surface area contributed by atoms with Gasteiger partial charge in [-0.2, -0.15) is 11.3 Å². The number of benzene rings is 1. The molecular formula is C13H12BrClOS. The van der Waals surface area contributed by atoms with Crippen molar-refractivity contribution in [3.63, 3.8) is 0 Å². The molecule has 0 saturated heterocycles. The van der Waals surface area contributed by atoms with Crippen LogP contribution >= 0.6 is 38.9 Å². The maximum atomic E-state index is 10.9. The Morgan fingerprint density at radius 3 is 2.47 bits per heavy atom. The number of halogens is 2. The van der Waals surface area contributed by atoms with Gasteiger partial charge >= 0.3 is 0 Å². The zero-order valence-electron chi connectivity index (χ0n) is 9.07. The van der Waals surface area contributed by atoms with Crippen LogP contribution in [0.5, 0.6) is 0 Å². The highest BCUT2D eigenvalue weighted by Crippen LogP contribution is 2.39. The third-order valence-corrected chi connectivity index (χ3v) is 4.66. The maximum absolute atomic E-state index is 10.9. The fourth-order valence-corrected chi connectivity index (χ4v) is 3.83. The van der Waals surface area contributed by atoms with Gasteiger partial charge in [0.15, 0.2) is 0 Å². The lowest BCUT2D eigenvalue weighted by Crippen LogP contribution is -2.27. The van der Waals surface area contributed by atoms with E-state index in [-0.39, 0.29) is 0 Å². The summed E-state index contributed by atoms with van der Waals surface area (Å²) in [6.45, 7) is 0. The van der Waals surface area contributed by atoms with Crippen LogP contribution in [-0.2, 0) is 5.60 Å². The van der Waals surface area contributed by atoms with E-state index in [2.05, 4.69) is 15.9 Å². The average molecular weight is 332 g/mol. The van der Waals surface area contributed by atoms with Gasteiger partial charge in [-0.25, -0.2) is 0 Å². The topological polar surface area (TPSA) is 20.2 Å². The summed E-state index contributed by atoms with van der Waals surface area (Å²) >= 11 is 10.9. The first-order valence-electron chi connectivity index (χ1n) is 5.24. The third kappa shape index (κ3) is 2.58. The van der Waals surface area contributed by atoms with Crippen molar-refractivity contribution >= 4 is 38.9 Å². The largest absolute Gasteiger partial charge is 0.380 e. The molecule has 17 heavy (non-hydrogen) atoms. The van der Waals surface area contributed by atoms with Crippen molar-refractivity contribution in [2.75, 3.05) is 5.88 Å². The van der Waals surface area contributed by atoms with E-state index in [1.165, 1.54) is 0 Å². The molecule has 1 atom stereocenters. The van der Waals surface area contributed by atoms with Crippen molar-refractivity contribution in [3.05, 3.63) is 56.7 Å². The van der Waals surface area contributed by atoms with Gasteiger partial charge in [0, 0.05) is 21.3 Å². The van der Waals surface area contributed by atoms with Crippen molar-refractivity contribution in [1.29, 1.82) is 0 Å². The minimum atomic E-state index is -1.01. The molecule has 2 rings (SSSR count). The molecule has 0 aliphatic rings. The molecule has 0 aliphatic heterocycles. The van der Waals surface area contributed by atoms with Gasteiger partial charge in [0.05, 0.1) is 0 Å². The molecular weight excluding hydrogens is 320 g/mol. The fraction of sp³-hybridized carbons (Fsp3) is 0.231. The maximum Gasteiger partial charge on any atom is 0.118 e. The summed E-state index contributed by atoms with van der Waals surface area (Å²) in [5.74, 6) is 0.410. The van der Waals surface area contributed by atoms with Gasteiger partial charge < -0.3 is 5.11 Å². The molecule has 2 aromatic rings. The summed E-state index contributed by atoms with van der Waals surface area (Å²) < 4.78 is 0.930. The quantitative estimate of drug-likeness (QED) is 0.825. The van der Waals surface area contributed by atoms with Gasteiger partial charge in [0.1, 0.15) is 5.60 Å². The Labute approximate surface area is 118 Å². The molecule has 0 radical (unpaired) electrons. The first-order chi connectivity index (χ1) is 8.18. The van der Waals surface area contributed by atoms with E-state index in [1.807, 2.05) is 41.1 Å². The predicted molar refractivity (Wildman–Crippen MR) is 76.8 cm³/mol. The van der Waals surface area contributed by atoms with Crippen molar-refractivity contribution in [3.8, 4) is 0 Å². The summed E-state index contributed by atoms with van der Waals surface area (Å²) in [7, 11) is 0.